The Hall–Kier alpha value is -1.58. The van der Waals surface area contributed by atoms with E-state index in [1.165, 1.54) is 5.56 Å². The molecule has 3 heteroatoms. The molecule has 1 heterocycles. The predicted octanol–water partition coefficient (Wildman–Crippen LogP) is 2.49. The van der Waals surface area contributed by atoms with Crippen molar-refractivity contribution in [1.82, 2.24) is 5.32 Å². The average molecular weight is 245 g/mol. The minimum Gasteiger partial charge on any atom is -0.469 e. The van der Waals surface area contributed by atoms with Crippen molar-refractivity contribution in [1.29, 1.82) is 0 Å². The molecule has 0 saturated carbocycles. The van der Waals surface area contributed by atoms with E-state index in [0.717, 1.165) is 37.3 Å². The van der Waals surface area contributed by atoms with E-state index in [9.17, 15) is 0 Å². The summed E-state index contributed by atoms with van der Waals surface area (Å²) in [7, 11) is 0. The van der Waals surface area contributed by atoms with E-state index in [1.807, 2.05) is 36.4 Å². The Morgan fingerprint density at radius 3 is 2.50 bits per heavy atom. The maximum atomic E-state index is 8.94. The SMILES string of the molecule is OCc1ccc(CNCCCc2ccco2)cc1. The van der Waals surface area contributed by atoms with Crippen molar-refractivity contribution in [2.24, 2.45) is 0 Å². The Morgan fingerprint density at radius 1 is 1.06 bits per heavy atom. The Bertz CT molecular complexity index is 434. The number of hydrogen-bond donors (Lipinski definition) is 2. The van der Waals surface area contributed by atoms with E-state index in [-0.39, 0.29) is 6.61 Å². The van der Waals surface area contributed by atoms with E-state index < -0.39 is 0 Å². The van der Waals surface area contributed by atoms with E-state index in [0.29, 0.717) is 0 Å². The maximum absolute atomic E-state index is 8.94. The minimum absolute atomic E-state index is 0.108. The molecule has 2 aromatic rings. The first-order valence-corrected chi connectivity index (χ1v) is 6.30. The third-order valence-corrected chi connectivity index (χ3v) is 2.89. The summed E-state index contributed by atoms with van der Waals surface area (Å²) in [6.45, 7) is 1.95. The van der Waals surface area contributed by atoms with Gasteiger partial charge in [0.25, 0.3) is 0 Å². The van der Waals surface area contributed by atoms with Gasteiger partial charge < -0.3 is 14.8 Å². The summed E-state index contributed by atoms with van der Waals surface area (Å²) in [5.74, 6) is 1.05. The molecule has 0 aliphatic carbocycles. The Labute approximate surface area is 107 Å². The van der Waals surface area contributed by atoms with Gasteiger partial charge in [0, 0.05) is 13.0 Å². The molecule has 96 valence electrons. The fraction of sp³-hybridized carbons (Fsp3) is 0.333. The van der Waals surface area contributed by atoms with Crippen LogP contribution in [-0.4, -0.2) is 11.7 Å². The van der Waals surface area contributed by atoms with Gasteiger partial charge in [-0.25, -0.2) is 0 Å². The van der Waals surface area contributed by atoms with Crippen molar-refractivity contribution in [3.05, 3.63) is 59.5 Å². The fourth-order valence-corrected chi connectivity index (χ4v) is 1.84. The molecule has 0 aliphatic rings. The largest absolute Gasteiger partial charge is 0.469 e. The molecule has 18 heavy (non-hydrogen) atoms. The van der Waals surface area contributed by atoms with Gasteiger partial charge >= 0.3 is 0 Å². The second-order valence-electron chi connectivity index (χ2n) is 4.33. The van der Waals surface area contributed by atoms with Crippen molar-refractivity contribution >= 4 is 0 Å². The van der Waals surface area contributed by atoms with Gasteiger partial charge in [0.1, 0.15) is 5.76 Å². The highest BCUT2D eigenvalue weighted by Gasteiger charge is 1.96. The van der Waals surface area contributed by atoms with Crippen LogP contribution >= 0.6 is 0 Å². The summed E-state index contributed by atoms with van der Waals surface area (Å²) in [6.07, 6.45) is 3.76. The molecule has 0 saturated heterocycles. The zero-order valence-corrected chi connectivity index (χ0v) is 10.4. The second-order valence-corrected chi connectivity index (χ2v) is 4.33. The second kappa shape index (κ2) is 6.99. The lowest BCUT2D eigenvalue weighted by Crippen LogP contribution is -2.15. The number of hydrogen-bond acceptors (Lipinski definition) is 3. The summed E-state index contributed by atoms with van der Waals surface area (Å²) >= 11 is 0. The van der Waals surface area contributed by atoms with E-state index in [2.05, 4.69) is 5.32 Å². The molecule has 2 N–H and O–H groups in total. The van der Waals surface area contributed by atoms with Crippen LogP contribution in [0.1, 0.15) is 23.3 Å². The highest BCUT2D eigenvalue weighted by molar-refractivity contribution is 5.21. The smallest absolute Gasteiger partial charge is 0.103 e. The predicted molar refractivity (Wildman–Crippen MR) is 71.1 cm³/mol. The van der Waals surface area contributed by atoms with Crippen LogP contribution in [0, 0.1) is 0 Å². The van der Waals surface area contributed by atoms with Crippen LogP contribution in [0.4, 0.5) is 0 Å². The van der Waals surface area contributed by atoms with E-state index >= 15 is 0 Å². The van der Waals surface area contributed by atoms with Crippen molar-refractivity contribution in [3.63, 3.8) is 0 Å². The van der Waals surface area contributed by atoms with Gasteiger partial charge in [-0.3, -0.25) is 0 Å². The average Bonchev–Trinajstić information content (AvgIpc) is 2.92. The quantitative estimate of drug-likeness (QED) is 0.737. The summed E-state index contributed by atoms with van der Waals surface area (Å²) in [5, 5.41) is 12.3. The minimum atomic E-state index is 0.108. The number of benzene rings is 1. The first-order chi connectivity index (χ1) is 8.88. The topological polar surface area (TPSA) is 45.4 Å². The Kier molecular flexibility index (Phi) is 5.00. The van der Waals surface area contributed by atoms with Gasteiger partial charge in [-0.2, -0.15) is 0 Å². The monoisotopic (exact) mass is 245 g/mol. The zero-order valence-electron chi connectivity index (χ0n) is 10.4. The van der Waals surface area contributed by atoms with Crippen molar-refractivity contribution < 1.29 is 9.52 Å². The molecule has 0 spiro atoms. The molecule has 0 fully saturated rings. The lowest BCUT2D eigenvalue weighted by Gasteiger charge is -2.05. The number of nitrogens with one attached hydrogen (secondary N) is 1. The third-order valence-electron chi connectivity index (χ3n) is 2.89. The first-order valence-electron chi connectivity index (χ1n) is 6.30. The molecule has 1 aromatic heterocycles. The number of aryl methyl sites for hydroxylation is 1. The number of aliphatic hydroxyl groups excluding tert-OH is 1. The van der Waals surface area contributed by atoms with Gasteiger partial charge in [0.05, 0.1) is 12.9 Å². The van der Waals surface area contributed by atoms with Gasteiger partial charge in [0.15, 0.2) is 0 Å². The molecule has 0 aliphatic heterocycles. The van der Waals surface area contributed by atoms with Crippen LogP contribution in [0.15, 0.2) is 47.1 Å². The molecule has 0 bridgehead atoms. The van der Waals surface area contributed by atoms with Crippen molar-refractivity contribution in [2.45, 2.75) is 26.0 Å². The van der Waals surface area contributed by atoms with Crippen LogP contribution in [0.2, 0.25) is 0 Å². The summed E-state index contributed by atoms with van der Waals surface area (Å²) in [6, 6.07) is 11.9. The van der Waals surface area contributed by atoms with Gasteiger partial charge in [-0.1, -0.05) is 24.3 Å². The summed E-state index contributed by atoms with van der Waals surface area (Å²) in [5.41, 5.74) is 2.20. The standard InChI is InChI=1S/C15H19NO2/c17-12-14-7-5-13(6-8-14)11-16-9-1-3-15-4-2-10-18-15/h2,4-8,10,16-17H,1,3,9,11-12H2. The van der Waals surface area contributed by atoms with Crippen LogP contribution in [0.5, 0.6) is 0 Å². The normalized spacial score (nSPS) is 10.7. The van der Waals surface area contributed by atoms with Gasteiger partial charge in [-0.05, 0) is 36.2 Å². The molecule has 0 radical (unpaired) electrons. The zero-order chi connectivity index (χ0) is 12.6. The van der Waals surface area contributed by atoms with Gasteiger partial charge in [0.2, 0.25) is 0 Å². The van der Waals surface area contributed by atoms with Gasteiger partial charge in [-0.15, -0.1) is 0 Å². The Balaban J connectivity index is 1.62. The molecule has 0 atom stereocenters. The fourth-order valence-electron chi connectivity index (χ4n) is 1.84. The van der Waals surface area contributed by atoms with Crippen molar-refractivity contribution in [3.8, 4) is 0 Å². The number of furan rings is 1. The lowest BCUT2D eigenvalue weighted by molar-refractivity contribution is 0.282. The molecule has 0 amide bonds. The van der Waals surface area contributed by atoms with Crippen molar-refractivity contribution in [2.75, 3.05) is 6.54 Å². The molecular weight excluding hydrogens is 226 g/mol. The van der Waals surface area contributed by atoms with Crippen LogP contribution in [0.3, 0.4) is 0 Å². The molecule has 0 unspecified atom stereocenters. The maximum Gasteiger partial charge on any atom is 0.103 e. The molecule has 2 rings (SSSR count). The highest BCUT2D eigenvalue weighted by atomic mass is 16.3. The number of rotatable bonds is 7. The Morgan fingerprint density at radius 2 is 1.83 bits per heavy atom. The van der Waals surface area contributed by atoms with Crippen LogP contribution < -0.4 is 5.32 Å². The molecule has 1 aromatic carbocycles. The summed E-state index contributed by atoms with van der Waals surface area (Å²) in [4.78, 5) is 0. The lowest BCUT2D eigenvalue weighted by atomic mass is 10.1. The molecule has 3 nitrogen and oxygen atoms in total. The van der Waals surface area contributed by atoms with Crippen LogP contribution in [0.25, 0.3) is 0 Å². The van der Waals surface area contributed by atoms with Crippen LogP contribution in [-0.2, 0) is 19.6 Å². The number of aliphatic hydroxyl groups is 1. The highest BCUT2D eigenvalue weighted by Crippen LogP contribution is 2.05. The van der Waals surface area contributed by atoms with E-state index in [4.69, 9.17) is 9.52 Å². The molecular formula is C15H19NO2. The summed E-state index contributed by atoms with van der Waals surface area (Å²) < 4.78 is 5.27. The van der Waals surface area contributed by atoms with E-state index in [1.54, 1.807) is 6.26 Å². The first kappa shape index (κ1) is 12.9. The third kappa shape index (κ3) is 4.02.